The zero-order valence-corrected chi connectivity index (χ0v) is 18.2. The van der Waals surface area contributed by atoms with Crippen molar-refractivity contribution in [1.82, 2.24) is 24.7 Å². The molecule has 0 fully saturated rings. The molecule has 1 aromatic carbocycles. The van der Waals surface area contributed by atoms with Gasteiger partial charge in [-0.25, -0.2) is 9.67 Å². The van der Waals surface area contributed by atoms with Crippen LogP contribution in [-0.4, -0.2) is 24.7 Å². The molecule has 4 rings (SSSR count). The maximum atomic E-state index is 13.0. The molecule has 1 atom stereocenters. The molecule has 2 aliphatic rings. The van der Waals surface area contributed by atoms with Gasteiger partial charge >= 0.3 is 0 Å². The van der Waals surface area contributed by atoms with Crippen molar-refractivity contribution >= 4 is 34.8 Å². The van der Waals surface area contributed by atoms with Crippen molar-refractivity contribution < 1.29 is 0 Å². The van der Waals surface area contributed by atoms with E-state index in [2.05, 4.69) is 15.1 Å². The van der Waals surface area contributed by atoms with Gasteiger partial charge in [-0.15, -0.1) is 0 Å². The maximum Gasteiger partial charge on any atom is 0.284 e. The van der Waals surface area contributed by atoms with E-state index >= 15 is 0 Å². The Balaban J connectivity index is 2.01. The molecule has 0 radical (unpaired) electrons. The molecule has 2 aliphatic heterocycles. The van der Waals surface area contributed by atoms with Gasteiger partial charge < -0.3 is 4.98 Å². The molecule has 0 bridgehead atoms. The van der Waals surface area contributed by atoms with Crippen molar-refractivity contribution in [3.8, 4) is 17.1 Å². The highest BCUT2D eigenvalue weighted by Gasteiger charge is 2.28. The number of hydrogen-bond donors (Lipinski definition) is 2. The topological polar surface area (TPSA) is 79.4 Å². The van der Waals surface area contributed by atoms with Crippen LogP contribution in [0.25, 0.3) is 17.1 Å². The lowest BCUT2D eigenvalue weighted by Gasteiger charge is -2.13. The van der Waals surface area contributed by atoms with Crippen molar-refractivity contribution in [3.63, 3.8) is 0 Å². The van der Waals surface area contributed by atoms with Crippen molar-refractivity contribution in [1.29, 1.82) is 0 Å². The summed E-state index contributed by atoms with van der Waals surface area (Å²) in [5, 5.41) is 4.35. The second-order valence-corrected chi connectivity index (χ2v) is 8.42. The Morgan fingerprint density at radius 2 is 1.76 bits per heavy atom. The smallest absolute Gasteiger partial charge is 0.284 e. The standard InChI is InChI=1S/C20H18Cl3N5O/c1-9(2)16-15-19(28(27-16)17-12(22)7-11(21)8-13(17)23)25-18(26-20(15)29)10(3)14-5-4-6-24-14/h4-10,24,27H,1-3H3. The number of fused-ring (bicyclic) bond motifs is 1. The third kappa shape index (κ3) is 3.45. The van der Waals surface area contributed by atoms with Crippen LogP contribution in [-0.2, 0) is 0 Å². The third-order valence-corrected chi connectivity index (χ3v) is 5.64. The van der Waals surface area contributed by atoms with Crippen LogP contribution in [0.1, 0.15) is 49.8 Å². The Hall–Kier alpha value is -2.28. The monoisotopic (exact) mass is 449 g/mol. The molecule has 2 aromatic rings. The summed E-state index contributed by atoms with van der Waals surface area (Å²) >= 11 is 19.0. The molecule has 0 saturated heterocycles. The number of rotatable bonds is 4. The van der Waals surface area contributed by atoms with E-state index in [0.29, 0.717) is 43.7 Å². The van der Waals surface area contributed by atoms with E-state index in [1.165, 1.54) is 0 Å². The third-order valence-electron chi connectivity index (χ3n) is 4.85. The van der Waals surface area contributed by atoms with Crippen LogP contribution >= 0.6 is 34.8 Å². The molecular weight excluding hydrogens is 433 g/mol. The van der Waals surface area contributed by atoms with Gasteiger partial charge in [-0.3, -0.25) is 9.89 Å². The van der Waals surface area contributed by atoms with Gasteiger partial charge in [-0.05, 0) is 37.1 Å². The second-order valence-electron chi connectivity index (χ2n) is 7.17. The SMILES string of the molecule is CC(C)c1[nH]n(-c2c(Cl)cc(Cl)cc2Cl)c2nc(C(C)c3ccc[nH]3)nc(=O)c1-2. The maximum absolute atomic E-state index is 13.0. The summed E-state index contributed by atoms with van der Waals surface area (Å²) in [6.07, 6.45) is 1.82. The van der Waals surface area contributed by atoms with Crippen LogP contribution in [0.3, 0.4) is 0 Å². The zero-order valence-electron chi connectivity index (χ0n) is 15.9. The van der Waals surface area contributed by atoms with E-state index in [1.54, 1.807) is 16.8 Å². The number of nitrogens with zero attached hydrogens (tertiary/aromatic N) is 3. The van der Waals surface area contributed by atoms with Crippen molar-refractivity contribution in [2.45, 2.75) is 32.6 Å². The Bertz CT molecular complexity index is 1190. The minimum atomic E-state index is -0.344. The molecule has 0 aliphatic carbocycles. The van der Waals surface area contributed by atoms with Gasteiger partial charge in [-0.1, -0.05) is 48.7 Å². The lowest BCUT2D eigenvalue weighted by Crippen LogP contribution is -2.19. The van der Waals surface area contributed by atoms with Crippen molar-refractivity contribution in [2.75, 3.05) is 0 Å². The number of benzene rings is 1. The van der Waals surface area contributed by atoms with Gasteiger partial charge in [0.1, 0.15) is 17.1 Å². The Kier molecular flexibility index (Phi) is 5.19. The summed E-state index contributed by atoms with van der Waals surface area (Å²) in [5.74, 6) is 0.679. The number of nitrogens with one attached hydrogen (secondary N) is 2. The Labute approximate surface area is 182 Å². The Morgan fingerprint density at radius 1 is 1.07 bits per heavy atom. The van der Waals surface area contributed by atoms with E-state index in [9.17, 15) is 4.79 Å². The summed E-state index contributed by atoms with van der Waals surface area (Å²) in [5.41, 5.74) is 2.18. The van der Waals surface area contributed by atoms with Crippen molar-refractivity contribution in [2.24, 2.45) is 0 Å². The van der Waals surface area contributed by atoms with Gasteiger partial charge in [0, 0.05) is 16.9 Å². The van der Waals surface area contributed by atoms with Gasteiger partial charge in [0.05, 0.1) is 21.7 Å². The van der Waals surface area contributed by atoms with Crippen LogP contribution in [0, 0.1) is 0 Å². The molecule has 150 valence electrons. The van der Waals surface area contributed by atoms with Crippen LogP contribution < -0.4 is 5.56 Å². The molecule has 0 amide bonds. The fourth-order valence-corrected chi connectivity index (χ4v) is 4.33. The molecule has 2 N–H and O–H groups in total. The first-order valence-electron chi connectivity index (χ1n) is 9.08. The fraction of sp³-hybridized carbons (Fsp3) is 0.250. The largest absolute Gasteiger partial charge is 0.364 e. The fourth-order valence-electron chi connectivity index (χ4n) is 3.35. The number of H-pyrrole nitrogens is 2. The lowest BCUT2D eigenvalue weighted by atomic mass is 10.0. The van der Waals surface area contributed by atoms with Gasteiger partial charge in [0.2, 0.25) is 0 Å². The minimum absolute atomic E-state index is 0.0339. The molecule has 0 saturated carbocycles. The lowest BCUT2D eigenvalue weighted by molar-refractivity contribution is 0.760. The molecule has 6 nitrogen and oxygen atoms in total. The minimum Gasteiger partial charge on any atom is -0.364 e. The number of aromatic amines is 2. The summed E-state index contributed by atoms with van der Waals surface area (Å²) < 4.78 is 1.64. The van der Waals surface area contributed by atoms with E-state index < -0.39 is 0 Å². The quantitative estimate of drug-likeness (QED) is 0.423. The van der Waals surface area contributed by atoms with E-state index in [4.69, 9.17) is 39.8 Å². The zero-order chi connectivity index (χ0) is 20.9. The van der Waals surface area contributed by atoms with Gasteiger partial charge in [0.15, 0.2) is 5.82 Å². The molecule has 1 aromatic heterocycles. The highest BCUT2D eigenvalue weighted by molar-refractivity contribution is 6.40. The first-order valence-corrected chi connectivity index (χ1v) is 10.2. The average Bonchev–Trinajstić information content (AvgIpc) is 3.29. The molecular formula is C20H18Cl3N5O. The van der Waals surface area contributed by atoms with E-state index in [-0.39, 0.29) is 17.4 Å². The summed E-state index contributed by atoms with van der Waals surface area (Å²) in [6.45, 7) is 5.90. The van der Waals surface area contributed by atoms with Crippen molar-refractivity contribution in [3.05, 3.63) is 73.1 Å². The average molecular weight is 451 g/mol. The van der Waals surface area contributed by atoms with Crippen LogP contribution in [0.2, 0.25) is 15.1 Å². The molecule has 29 heavy (non-hydrogen) atoms. The summed E-state index contributed by atoms with van der Waals surface area (Å²) in [4.78, 5) is 25.1. The highest BCUT2D eigenvalue weighted by Crippen LogP contribution is 2.37. The summed E-state index contributed by atoms with van der Waals surface area (Å²) in [7, 11) is 0. The van der Waals surface area contributed by atoms with Gasteiger partial charge in [0.25, 0.3) is 5.56 Å². The predicted octanol–water partition coefficient (Wildman–Crippen LogP) is 5.62. The highest BCUT2D eigenvalue weighted by atomic mass is 35.5. The normalized spacial score (nSPS) is 12.8. The molecule has 9 heteroatoms. The second kappa shape index (κ2) is 7.52. The first-order chi connectivity index (χ1) is 13.8. The first kappa shape index (κ1) is 20.0. The van der Waals surface area contributed by atoms with Gasteiger partial charge in [-0.2, -0.15) is 4.98 Å². The summed E-state index contributed by atoms with van der Waals surface area (Å²) in [6, 6.07) is 7.02. The number of halogens is 3. The molecule has 0 spiro atoms. The predicted molar refractivity (Wildman–Crippen MR) is 116 cm³/mol. The van der Waals surface area contributed by atoms with Crippen LogP contribution in [0.4, 0.5) is 0 Å². The Morgan fingerprint density at radius 3 is 2.34 bits per heavy atom. The number of hydrogen-bond acceptors (Lipinski definition) is 3. The molecule has 1 unspecified atom stereocenters. The van der Waals surface area contributed by atoms with E-state index in [0.717, 1.165) is 5.69 Å². The molecule has 3 heterocycles. The number of aromatic nitrogens is 5. The van der Waals surface area contributed by atoms with Crippen LogP contribution in [0.5, 0.6) is 0 Å². The van der Waals surface area contributed by atoms with Crippen LogP contribution in [0.15, 0.2) is 35.3 Å². The van der Waals surface area contributed by atoms with E-state index in [1.807, 2.05) is 39.1 Å².